The van der Waals surface area contributed by atoms with Gasteiger partial charge >= 0.3 is 6.03 Å². The maximum absolute atomic E-state index is 12.3. The number of likely N-dealkylation sites (tertiary alicyclic amines) is 1. The molecule has 0 unspecified atom stereocenters. The van der Waals surface area contributed by atoms with E-state index in [1.54, 1.807) is 11.0 Å². The molecular weight excluding hydrogens is 280 g/mol. The summed E-state index contributed by atoms with van der Waals surface area (Å²) in [6, 6.07) is 5.37. The number of hydrogen-bond donors (Lipinski definition) is 1. The molecule has 108 valence electrons. The van der Waals surface area contributed by atoms with E-state index < -0.39 is 5.79 Å². The number of carbonyl (C=O) groups excluding carboxylic acids is 1. The first-order valence-corrected chi connectivity index (χ1v) is 7.06. The number of rotatable bonds is 1. The van der Waals surface area contributed by atoms with Gasteiger partial charge in [-0.1, -0.05) is 23.7 Å². The van der Waals surface area contributed by atoms with Crippen LogP contribution in [0.25, 0.3) is 0 Å². The van der Waals surface area contributed by atoms with E-state index in [0.29, 0.717) is 43.4 Å². The van der Waals surface area contributed by atoms with Gasteiger partial charge in [0.2, 0.25) is 0 Å². The summed E-state index contributed by atoms with van der Waals surface area (Å²) in [5.74, 6) is -0.590. The van der Waals surface area contributed by atoms with Gasteiger partial charge in [0.25, 0.3) is 0 Å². The van der Waals surface area contributed by atoms with E-state index in [1.807, 2.05) is 19.1 Å². The fourth-order valence-corrected chi connectivity index (χ4v) is 2.91. The third kappa shape index (κ3) is 2.49. The molecule has 5 nitrogen and oxygen atoms in total. The minimum atomic E-state index is -0.590. The summed E-state index contributed by atoms with van der Waals surface area (Å²) in [5.41, 5.74) is 1.60. The van der Waals surface area contributed by atoms with Gasteiger partial charge in [-0.25, -0.2) is 4.79 Å². The summed E-state index contributed by atoms with van der Waals surface area (Å²) in [4.78, 5) is 14.0. The smallest absolute Gasteiger partial charge is 0.322 e. The molecule has 2 heterocycles. The quantitative estimate of drug-likeness (QED) is 0.867. The van der Waals surface area contributed by atoms with Gasteiger partial charge in [0, 0.05) is 13.0 Å². The highest BCUT2D eigenvalue weighted by Crippen LogP contribution is 2.31. The molecule has 1 aromatic rings. The lowest BCUT2D eigenvalue weighted by molar-refractivity contribution is -0.143. The fourth-order valence-electron chi connectivity index (χ4n) is 2.64. The van der Waals surface area contributed by atoms with E-state index in [9.17, 15) is 4.79 Å². The van der Waals surface area contributed by atoms with Crippen molar-refractivity contribution in [2.24, 2.45) is 0 Å². The predicted octanol–water partition coefficient (Wildman–Crippen LogP) is 2.63. The molecule has 20 heavy (non-hydrogen) atoms. The summed E-state index contributed by atoms with van der Waals surface area (Å²) in [7, 11) is 0. The molecule has 3 rings (SSSR count). The van der Waals surface area contributed by atoms with Crippen molar-refractivity contribution in [2.45, 2.75) is 19.1 Å². The second kappa shape index (κ2) is 5.24. The lowest BCUT2D eigenvalue weighted by Gasteiger charge is -2.23. The van der Waals surface area contributed by atoms with Crippen molar-refractivity contribution in [2.75, 3.05) is 31.6 Å². The number of halogens is 1. The SMILES string of the molecule is Cc1cccc(Cl)c1NC(=O)N1CCC2(C1)OCCO2. The number of carbonyl (C=O) groups is 1. The van der Waals surface area contributed by atoms with Crippen LogP contribution in [0.2, 0.25) is 5.02 Å². The molecule has 2 aliphatic rings. The van der Waals surface area contributed by atoms with Gasteiger partial charge in [-0.3, -0.25) is 0 Å². The Balaban J connectivity index is 1.68. The normalized spacial score (nSPS) is 20.6. The van der Waals surface area contributed by atoms with Crippen molar-refractivity contribution in [3.05, 3.63) is 28.8 Å². The molecule has 1 aromatic carbocycles. The summed E-state index contributed by atoms with van der Waals surface area (Å²) < 4.78 is 11.2. The maximum atomic E-state index is 12.3. The van der Waals surface area contributed by atoms with Gasteiger partial charge in [-0.05, 0) is 18.6 Å². The minimum Gasteiger partial charge on any atom is -0.346 e. The van der Waals surface area contributed by atoms with Crippen LogP contribution in [-0.2, 0) is 9.47 Å². The zero-order valence-corrected chi connectivity index (χ0v) is 12.1. The number of urea groups is 1. The van der Waals surface area contributed by atoms with Crippen LogP contribution in [-0.4, -0.2) is 43.0 Å². The third-order valence-electron chi connectivity index (χ3n) is 3.75. The van der Waals surface area contributed by atoms with Gasteiger partial charge in [0.1, 0.15) is 0 Å². The van der Waals surface area contributed by atoms with Crippen molar-refractivity contribution in [1.82, 2.24) is 4.90 Å². The molecule has 2 aliphatic heterocycles. The Kier molecular flexibility index (Phi) is 3.58. The summed E-state index contributed by atoms with van der Waals surface area (Å²) in [6.45, 7) is 4.19. The highest BCUT2D eigenvalue weighted by Gasteiger charge is 2.44. The molecule has 0 aromatic heterocycles. The Labute approximate surface area is 122 Å². The third-order valence-corrected chi connectivity index (χ3v) is 4.06. The molecule has 1 N–H and O–H groups in total. The van der Waals surface area contributed by atoms with E-state index in [0.717, 1.165) is 5.56 Å². The van der Waals surface area contributed by atoms with Crippen molar-refractivity contribution >= 4 is 23.3 Å². The first-order chi connectivity index (χ1) is 9.60. The zero-order chi connectivity index (χ0) is 14.2. The molecule has 1 spiro atoms. The number of anilines is 1. The second-order valence-electron chi connectivity index (χ2n) is 5.14. The number of nitrogens with one attached hydrogen (secondary N) is 1. The highest BCUT2D eigenvalue weighted by molar-refractivity contribution is 6.33. The number of para-hydroxylation sites is 1. The number of aryl methyl sites for hydroxylation is 1. The average molecular weight is 297 g/mol. The van der Waals surface area contributed by atoms with E-state index in [4.69, 9.17) is 21.1 Å². The number of hydrogen-bond acceptors (Lipinski definition) is 3. The highest BCUT2D eigenvalue weighted by atomic mass is 35.5. The molecule has 6 heteroatoms. The van der Waals surface area contributed by atoms with E-state index in [-0.39, 0.29) is 6.03 Å². The Morgan fingerprint density at radius 2 is 2.15 bits per heavy atom. The molecule has 0 aliphatic carbocycles. The number of nitrogens with zero attached hydrogens (tertiary/aromatic N) is 1. The van der Waals surface area contributed by atoms with Crippen molar-refractivity contribution < 1.29 is 14.3 Å². The van der Waals surface area contributed by atoms with Crippen molar-refractivity contribution in [3.8, 4) is 0 Å². The van der Waals surface area contributed by atoms with Crippen LogP contribution < -0.4 is 5.32 Å². The Morgan fingerprint density at radius 3 is 2.85 bits per heavy atom. The van der Waals surface area contributed by atoms with E-state index in [1.165, 1.54) is 0 Å². The second-order valence-corrected chi connectivity index (χ2v) is 5.55. The molecule has 2 saturated heterocycles. The number of ether oxygens (including phenoxy) is 2. The maximum Gasteiger partial charge on any atom is 0.322 e. The molecule has 0 bridgehead atoms. The fraction of sp³-hybridized carbons (Fsp3) is 0.500. The van der Waals surface area contributed by atoms with Crippen LogP contribution in [0.3, 0.4) is 0 Å². The van der Waals surface area contributed by atoms with Gasteiger partial charge in [-0.2, -0.15) is 0 Å². The predicted molar refractivity (Wildman–Crippen MR) is 76.0 cm³/mol. The monoisotopic (exact) mass is 296 g/mol. The minimum absolute atomic E-state index is 0.169. The number of amides is 2. The van der Waals surface area contributed by atoms with Crippen LogP contribution in [0.4, 0.5) is 10.5 Å². The molecular formula is C14H17ClN2O3. The first kappa shape index (κ1) is 13.7. The van der Waals surface area contributed by atoms with Crippen LogP contribution in [0.5, 0.6) is 0 Å². The lowest BCUT2D eigenvalue weighted by Crippen LogP contribution is -2.39. The van der Waals surface area contributed by atoms with Gasteiger partial charge in [-0.15, -0.1) is 0 Å². The molecule has 2 amide bonds. The Bertz CT molecular complexity index is 509. The topological polar surface area (TPSA) is 50.8 Å². The average Bonchev–Trinajstić information content (AvgIpc) is 3.05. The van der Waals surface area contributed by atoms with Crippen LogP contribution in [0, 0.1) is 6.92 Å². The summed E-state index contributed by atoms with van der Waals surface area (Å²) >= 11 is 6.12. The Morgan fingerprint density at radius 1 is 1.40 bits per heavy atom. The molecule has 0 radical (unpaired) electrons. The summed E-state index contributed by atoms with van der Waals surface area (Å²) in [5, 5.41) is 3.41. The van der Waals surface area contributed by atoms with Gasteiger partial charge < -0.3 is 19.7 Å². The Hall–Kier alpha value is -1.30. The number of benzene rings is 1. The first-order valence-electron chi connectivity index (χ1n) is 6.69. The summed E-state index contributed by atoms with van der Waals surface area (Å²) in [6.07, 6.45) is 0.710. The van der Waals surface area contributed by atoms with Crippen LogP contribution >= 0.6 is 11.6 Å². The van der Waals surface area contributed by atoms with E-state index in [2.05, 4.69) is 5.32 Å². The van der Waals surface area contributed by atoms with Gasteiger partial charge in [0.15, 0.2) is 5.79 Å². The van der Waals surface area contributed by atoms with Crippen LogP contribution in [0.1, 0.15) is 12.0 Å². The lowest BCUT2D eigenvalue weighted by atomic mass is 10.2. The van der Waals surface area contributed by atoms with Gasteiger partial charge in [0.05, 0.1) is 30.5 Å². The van der Waals surface area contributed by atoms with Crippen LogP contribution in [0.15, 0.2) is 18.2 Å². The van der Waals surface area contributed by atoms with E-state index >= 15 is 0 Å². The molecule has 0 atom stereocenters. The largest absolute Gasteiger partial charge is 0.346 e. The zero-order valence-electron chi connectivity index (χ0n) is 11.3. The molecule has 2 fully saturated rings. The van der Waals surface area contributed by atoms with Crippen molar-refractivity contribution in [1.29, 1.82) is 0 Å². The standard InChI is InChI=1S/C14H17ClN2O3/c1-10-3-2-4-11(15)12(10)16-13(18)17-6-5-14(9-17)19-7-8-20-14/h2-4H,5-9H2,1H3,(H,16,18). The molecule has 0 saturated carbocycles. The van der Waals surface area contributed by atoms with Crippen molar-refractivity contribution in [3.63, 3.8) is 0 Å².